The number of carbonyl (C=O) groups excluding carboxylic acids is 2. The van der Waals surface area contributed by atoms with Crippen molar-refractivity contribution in [3.8, 4) is 0 Å². The lowest BCUT2D eigenvalue weighted by atomic mass is 10.2. The van der Waals surface area contributed by atoms with E-state index in [-0.39, 0.29) is 18.5 Å². The number of nitrogens with zero attached hydrogens (tertiary/aromatic N) is 2. The average Bonchev–Trinajstić information content (AvgIpc) is 2.67. The molecule has 10 nitrogen and oxygen atoms in total. The number of unbranched alkanes of at least 4 members (excludes halogenated alkanes) is 2. The summed E-state index contributed by atoms with van der Waals surface area (Å²) in [4.78, 5) is 31.4. The number of nitrogens with one attached hydrogen (secondary N) is 6. The first kappa shape index (κ1) is 24.5. The second kappa shape index (κ2) is 16.9. The molecule has 0 aliphatic rings. The van der Waals surface area contributed by atoms with E-state index >= 15 is 0 Å². The zero-order chi connectivity index (χ0) is 20.3. The molecule has 6 N–H and O–H groups in total. The Hall–Kier alpha value is -2.52. The first-order valence-electron chi connectivity index (χ1n) is 9.37. The molecule has 10 heteroatoms. The number of rotatable bonds is 12. The van der Waals surface area contributed by atoms with Gasteiger partial charge in [-0.25, -0.2) is 0 Å². The van der Waals surface area contributed by atoms with E-state index in [0.717, 1.165) is 50.7 Å². The molecule has 0 saturated carbocycles. The molecule has 0 saturated heterocycles. The Kier molecular flexibility index (Phi) is 15.3. The van der Waals surface area contributed by atoms with Crippen molar-refractivity contribution >= 4 is 23.7 Å². The van der Waals surface area contributed by atoms with E-state index in [9.17, 15) is 9.59 Å². The second-order valence-electron chi connectivity index (χ2n) is 5.79. The molecule has 0 aromatic carbocycles. The fraction of sp³-hybridized carbons (Fsp3) is 0.765. The third-order valence-corrected chi connectivity index (χ3v) is 3.74. The fourth-order valence-corrected chi connectivity index (χ4v) is 2.21. The van der Waals surface area contributed by atoms with E-state index < -0.39 is 0 Å². The Labute approximate surface area is 162 Å². The van der Waals surface area contributed by atoms with Crippen LogP contribution in [0.3, 0.4) is 0 Å². The molecule has 0 radical (unpaired) electrons. The second-order valence-corrected chi connectivity index (χ2v) is 5.79. The molecule has 0 bridgehead atoms. The highest BCUT2D eigenvalue weighted by molar-refractivity contribution is 5.80. The fourth-order valence-electron chi connectivity index (χ4n) is 2.21. The van der Waals surface area contributed by atoms with Gasteiger partial charge in [0.05, 0.1) is 6.67 Å². The van der Waals surface area contributed by atoms with Crippen LogP contribution in [-0.2, 0) is 9.59 Å². The number of hydrogen-bond acceptors (Lipinski definition) is 4. The van der Waals surface area contributed by atoms with E-state index in [1.165, 1.54) is 0 Å². The zero-order valence-corrected chi connectivity index (χ0v) is 17.1. The predicted octanol–water partition coefficient (Wildman–Crippen LogP) is -0.893. The molecule has 0 heterocycles. The van der Waals surface area contributed by atoms with Gasteiger partial charge in [-0.15, -0.1) is 0 Å². The summed E-state index contributed by atoms with van der Waals surface area (Å²) < 4.78 is 0. The van der Waals surface area contributed by atoms with Gasteiger partial charge in [0.2, 0.25) is 11.8 Å². The van der Waals surface area contributed by atoms with Crippen LogP contribution in [0, 0.1) is 0 Å². The molecule has 2 amide bonds. The van der Waals surface area contributed by atoms with Gasteiger partial charge in [0.25, 0.3) is 0 Å². The molecule has 0 spiro atoms. The Balaban J connectivity index is 3.56. The van der Waals surface area contributed by atoms with E-state index in [0.29, 0.717) is 12.8 Å². The van der Waals surface area contributed by atoms with Crippen molar-refractivity contribution < 1.29 is 9.59 Å². The molecule has 0 aliphatic heterocycles. The van der Waals surface area contributed by atoms with E-state index in [1.54, 1.807) is 28.2 Å². The van der Waals surface area contributed by atoms with Crippen LogP contribution < -0.4 is 31.9 Å². The first-order valence-corrected chi connectivity index (χ1v) is 9.37. The van der Waals surface area contributed by atoms with Gasteiger partial charge < -0.3 is 31.9 Å². The number of amides is 2. The standard InChI is InChI=1S/C17H36N8O2/c1-18-16(19-2)22-11-7-5-9-14(26)24-13-25-15(27)10-6-8-12-23-17(20-3)21-4/h5-13H2,1-4H3,(H,24,26)(H,25,27)(H2,18,19,22)(H2,20,21,23). The van der Waals surface area contributed by atoms with Gasteiger partial charge in [0, 0.05) is 54.1 Å². The summed E-state index contributed by atoms with van der Waals surface area (Å²) in [5.74, 6) is 1.35. The molecule has 0 fully saturated rings. The van der Waals surface area contributed by atoms with Crippen LogP contribution in [0.15, 0.2) is 9.98 Å². The number of hydrogen-bond donors (Lipinski definition) is 6. The lowest BCUT2D eigenvalue weighted by Gasteiger charge is -2.09. The molecule has 0 aromatic heterocycles. The highest BCUT2D eigenvalue weighted by Crippen LogP contribution is 1.95. The topological polar surface area (TPSA) is 131 Å². The lowest BCUT2D eigenvalue weighted by Crippen LogP contribution is -2.37. The molecular weight excluding hydrogens is 348 g/mol. The van der Waals surface area contributed by atoms with Gasteiger partial charge in [-0.1, -0.05) is 0 Å². The van der Waals surface area contributed by atoms with Gasteiger partial charge in [0.1, 0.15) is 0 Å². The smallest absolute Gasteiger partial charge is 0.221 e. The summed E-state index contributed by atoms with van der Waals surface area (Å²) in [5.41, 5.74) is 0. The van der Waals surface area contributed by atoms with Gasteiger partial charge in [0.15, 0.2) is 11.9 Å². The Morgan fingerprint density at radius 1 is 0.667 bits per heavy atom. The number of aliphatic imine (C=N–C) groups is 2. The summed E-state index contributed by atoms with van der Waals surface area (Å²) >= 11 is 0. The minimum Gasteiger partial charge on any atom is -0.359 e. The van der Waals surface area contributed by atoms with Crippen LogP contribution >= 0.6 is 0 Å². The third kappa shape index (κ3) is 14.3. The van der Waals surface area contributed by atoms with E-state index in [2.05, 4.69) is 41.9 Å². The zero-order valence-electron chi connectivity index (χ0n) is 17.1. The molecular formula is C17H36N8O2. The molecule has 156 valence electrons. The van der Waals surface area contributed by atoms with Crippen LogP contribution in [0.4, 0.5) is 0 Å². The van der Waals surface area contributed by atoms with Crippen molar-refractivity contribution in [1.82, 2.24) is 31.9 Å². The summed E-state index contributed by atoms with van der Waals surface area (Å²) in [5, 5.41) is 17.5. The van der Waals surface area contributed by atoms with E-state index in [1.807, 2.05) is 0 Å². The Bertz CT molecular complexity index is 438. The van der Waals surface area contributed by atoms with Gasteiger partial charge in [-0.2, -0.15) is 0 Å². The van der Waals surface area contributed by atoms with Crippen molar-refractivity contribution in [1.29, 1.82) is 0 Å². The van der Waals surface area contributed by atoms with Crippen LogP contribution in [0.25, 0.3) is 0 Å². The van der Waals surface area contributed by atoms with Gasteiger partial charge >= 0.3 is 0 Å². The minimum absolute atomic E-state index is 0.0593. The maximum Gasteiger partial charge on any atom is 0.221 e. The van der Waals surface area contributed by atoms with Crippen molar-refractivity contribution in [3.05, 3.63) is 0 Å². The summed E-state index contributed by atoms with van der Waals surface area (Å²) in [6, 6.07) is 0. The van der Waals surface area contributed by atoms with Crippen molar-refractivity contribution in [2.45, 2.75) is 38.5 Å². The Morgan fingerprint density at radius 2 is 1.07 bits per heavy atom. The highest BCUT2D eigenvalue weighted by atomic mass is 16.2. The van der Waals surface area contributed by atoms with Crippen LogP contribution in [-0.4, -0.2) is 71.7 Å². The van der Waals surface area contributed by atoms with Crippen molar-refractivity contribution in [3.63, 3.8) is 0 Å². The molecule has 0 atom stereocenters. The largest absolute Gasteiger partial charge is 0.359 e. The molecule has 0 aliphatic carbocycles. The summed E-state index contributed by atoms with van der Waals surface area (Å²) in [6.45, 7) is 1.69. The van der Waals surface area contributed by atoms with Crippen molar-refractivity contribution in [2.24, 2.45) is 9.98 Å². The van der Waals surface area contributed by atoms with E-state index in [4.69, 9.17) is 0 Å². The summed E-state index contributed by atoms with van der Waals surface area (Å²) in [7, 11) is 7.01. The normalized spacial score (nSPS) is 11.6. The monoisotopic (exact) mass is 384 g/mol. The maximum atomic E-state index is 11.7. The number of guanidine groups is 2. The number of carbonyl (C=O) groups is 2. The molecule has 0 aromatic rings. The van der Waals surface area contributed by atoms with Crippen LogP contribution in [0.1, 0.15) is 38.5 Å². The first-order chi connectivity index (χ1) is 13.1. The van der Waals surface area contributed by atoms with Gasteiger partial charge in [-0.05, 0) is 25.7 Å². The van der Waals surface area contributed by atoms with Crippen LogP contribution in [0.2, 0.25) is 0 Å². The SMILES string of the molecule is CN=C(NC)NCCCCC(=O)NCNC(=O)CCCCNC(=NC)NC. The maximum absolute atomic E-state index is 11.7. The summed E-state index contributed by atoms with van der Waals surface area (Å²) in [6.07, 6.45) is 4.16. The highest BCUT2D eigenvalue weighted by Gasteiger charge is 2.04. The average molecular weight is 385 g/mol. The molecule has 27 heavy (non-hydrogen) atoms. The quantitative estimate of drug-likeness (QED) is 0.112. The lowest BCUT2D eigenvalue weighted by molar-refractivity contribution is -0.122. The third-order valence-electron chi connectivity index (χ3n) is 3.74. The molecule has 0 unspecified atom stereocenters. The predicted molar refractivity (Wildman–Crippen MR) is 110 cm³/mol. The van der Waals surface area contributed by atoms with Crippen molar-refractivity contribution in [2.75, 3.05) is 47.9 Å². The Morgan fingerprint density at radius 3 is 1.41 bits per heavy atom. The van der Waals surface area contributed by atoms with Gasteiger partial charge in [-0.3, -0.25) is 19.6 Å². The minimum atomic E-state index is -0.0593. The molecule has 0 rings (SSSR count). The van der Waals surface area contributed by atoms with Crippen LogP contribution in [0.5, 0.6) is 0 Å².